The van der Waals surface area contributed by atoms with Gasteiger partial charge in [0.2, 0.25) is 0 Å². The molecule has 1 heterocycles. The van der Waals surface area contributed by atoms with E-state index in [-0.39, 0.29) is 0 Å². The van der Waals surface area contributed by atoms with E-state index < -0.39 is 0 Å². The van der Waals surface area contributed by atoms with Crippen LogP contribution in [0.3, 0.4) is 0 Å². The van der Waals surface area contributed by atoms with E-state index in [1.165, 1.54) is 63.5 Å². The van der Waals surface area contributed by atoms with E-state index in [2.05, 4.69) is 20.8 Å². The Balaban J connectivity index is 1.67. The van der Waals surface area contributed by atoms with Crippen molar-refractivity contribution in [1.82, 2.24) is 4.90 Å². The zero-order valence-electron chi connectivity index (χ0n) is 9.05. The lowest BCUT2D eigenvalue weighted by atomic mass is 10.1. The van der Waals surface area contributed by atoms with Crippen molar-refractivity contribution in [2.24, 2.45) is 11.8 Å². The molecular formula is C12H22BrN. The van der Waals surface area contributed by atoms with Crippen LogP contribution in [0, 0.1) is 11.8 Å². The zero-order valence-corrected chi connectivity index (χ0v) is 10.6. The van der Waals surface area contributed by atoms with E-state index >= 15 is 0 Å². The van der Waals surface area contributed by atoms with Gasteiger partial charge >= 0.3 is 0 Å². The molecule has 1 saturated carbocycles. The Morgan fingerprint density at radius 2 is 1.86 bits per heavy atom. The van der Waals surface area contributed by atoms with Crippen LogP contribution in [0.5, 0.6) is 0 Å². The van der Waals surface area contributed by atoms with Crippen LogP contribution >= 0.6 is 15.9 Å². The average molecular weight is 260 g/mol. The molecule has 0 bridgehead atoms. The molecule has 2 aliphatic rings. The van der Waals surface area contributed by atoms with Crippen LogP contribution < -0.4 is 0 Å². The van der Waals surface area contributed by atoms with Crippen LogP contribution in [0.1, 0.15) is 38.5 Å². The highest BCUT2D eigenvalue weighted by atomic mass is 79.9. The standard InChI is InChI=1S/C12H22BrN/c13-7-5-12-6-8-14(10-12)9-11-3-1-2-4-11/h11-12H,1-10H2. The number of nitrogens with zero attached hydrogens (tertiary/aromatic N) is 1. The summed E-state index contributed by atoms with van der Waals surface area (Å²) in [6.07, 6.45) is 8.80. The summed E-state index contributed by atoms with van der Waals surface area (Å²) >= 11 is 3.55. The van der Waals surface area contributed by atoms with Crippen LogP contribution in [0.2, 0.25) is 0 Å². The molecule has 0 N–H and O–H groups in total. The fourth-order valence-electron chi connectivity index (χ4n) is 3.03. The lowest BCUT2D eigenvalue weighted by molar-refractivity contribution is 0.270. The fourth-order valence-corrected chi connectivity index (χ4v) is 3.67. The third kappa shape index (κ3) is 2.96. The predicted molar refractivity (Wildman–Crippen MR) is 64.9 cm³/mol. The number of hydrogen-bond acceptors (Lipinski definition) is 1. The van der Waals surface area contributed by atoms with Crippen molar-refractivity contribution in [1.29, 1.82) is 0 Å². The quantitative estimate of drug-likeness (QED) is 0.701. The van der Waals surface area contributed by atoms with Crippen molar-refractivity contribution in [3.05, 3.63) is 0 Å². The molecule has 2 fully saturated rings. The van der Waals surface area contributed by atoms with Crippen molar-refractivity contribution < 1.29 is 0 Å². The highest BCUT2D eigenvalue weighted by Crippen LogP contribution is 2.28. The van der Waals surface area contributed by atoms with E-state index in [0.717, 1.165) is 11.8 Å². The van der Waals surface area contributed by atoms with Crippen molar-refractivity contribution >= 4 is 15.9 Å². The van der Waals surface area contributed by atoms with Gasteiger partial charge in [0.25, 0.3) is 0 Å². The maximum Gasteiger partial charge on any atom is 0.00344 e. The van der Waals surface area contributed by atoms with E-state index in [9.17, 15) is 0 Å². The van der Waals surface area contributed by atoms with Crippen molar-refractivity contribution in [3.63, 3.8) is 0 Å². The monoisotopic (exact) mass is 259 g/mol. The molecule has 1 saturated heterocycles. The Kier molecular flexibility index (Phi) is 4.30. The number of halogens is 1. The second-order valence-corrected chi connectivity index (χ2v) is 5.84. The largest absolute Gasteiger partial charge is 0.303 e. The Morgan fingerprint density at radius 3 is 2.57 bits per heavy atom. The first-order valence-electron chi connectivity index (χ1n) is 6.17. The summed E-state index contributed by atoms with van der Waals surface area (Å²) < 4.78 is 0. The van der Waals surface area contributed by atoms with Gasteiger partial charge in [-0.25, -0.2) is 0 Å². The zero-order chi connectivity index (χ0) is 9.80. The van der Waals surface area contributed by atoms with Gasteiger partial charge in [0.15, 0.2) is 0 Å². The summed E-state index contributed by atoms with van der Waals surface area (Å²) in [4.78, 5) is 2.71. The van der Waals surface area contributed by atoms with Gasteiger partial charge in [-0.15, -0.1) is 0 Å². The van der Waals surface area contributed by atoms with Crippen LogP contribution in [0.15, 0.2) is 0 Å². The Hall–Kier alpha value is 0.440. The van der Waals surface area contributed by atoms with Gasteiger partial charge in [0.1, 0.15) is 0 Å². The highest BCUT2D eigenvalue weighted by Gasteiger charge is 2.25. The molecule has 0 spiro atoms. The molecule has 1 unspecified atom stereocenters. The first-order valence-corrected chi connectivity index (χ1v) is 7.29. The molecule has 0 aromatic carbocycles. The third-order valence-electron chi connectivity index (χ3n) is 3.88. The van der Waals surface area contributed by atoms with E-state index in [1.54, 1.807) is 0 Å². The molecule has 1 nitrogen and oxygen atoms in total. The van der Waals surface area contributed by atoms with Crippen LogP contribution in [-0.4, -0.2) is 29.9 Å². The molecule has 1 aliphatic carbocycles. The van der Waals surface area contributed by atoms with E-state index in [0.29, 0.717) is 0 Å². The van der Waals surface area contributed by atoms with Crippen LogP contribution in [0.25, 0.3) is 0 Å². The highest BCUT2D eigenvalue weighted by molar-refractivity contribution is 9.09. The topological polar surface area (TPSA) is 3.24 Å². The second-order valence-electron chi connectivity index (χ2n) is 5.04. The van der Waals surface area contributed by atoms with Gasteiger partial charge in [-0.2, -0.15) is 0 Å². The number of rotatable bonds is 4. The summed E-state index contributed by atoms with van der Waals surface area (Å²) in [5.74, 6) is 2.02. The van der Waals surface area contributed by atoms with Crippen LogP contribution in [0.4, 0.5) is 0 Å². The lowest BCUT2D eigenvalue weighted by Gasteiger charge is -2.20. The smallest absolute Gasteiger partial charge is 0.00344 e. The molecule has 1 aliphatic heterocycles. The van der Waals surface area contributed by atoms with Gasteiger partial charge in [-0.3, -0.25) is 0 Å². The minimum Gasteiger partial charge on any atom is -0.303 e. The molecular weight excluding hydrogens is 238 g/mol. The normalized spacial score (nSPS) is 30.2. The summed E-state index contributed by atoms with van der Waals surface area (Å²) in [6.45, 7) is 4.15. The molecule has 1 atom stereocenters. The summed E-state index contributed by atoms with van der Waals surface area (Å²) in [5, 5.41) is 1.19. The lowest BCUT2D eigenvalue weighted by Crippen LogP contribution is -2.26. The molecule has 2 rings (SSSR count). The van der Waals surface area contributed by atoms with E-state index in [1.807, 2.05) is 0 Å². The van der Waals surface area contributed by atoms with Gasteiger partial charge in [0, 0.05) is 18.4 Å². The molecule has 14 heavy (non-hydrogen) atoms. The number of alkyl halides is 1. The van der Waals surface area contributed by atoms with Crippen LogP contribution in [-0.2, 0) is 0 Å². The summed E-state index contributed by atoms with van der Waals surface area (Å²) in [6, 6.07) is 0. The Bertz CT molecular complexity index is 166. The Morgan fingerprint density at radius 1 is 1.07 bits per heavy atom. The first kappa shape index (κ1) is 10.9. The first-order chi connectivity index (χ1) is 6.88. The Labute approximate surface area is 96.4 Å². The molecule has 2 heteroatoms. The number of hydrogen-bond donors (Lipinski definition) is 0. The van der Waals surface area contributed by atoms with Gasteiger partial charge in [-0.1, -0.05) is 28.8 Å². The minimum absolute atomic E-state index is 0.982. The maximum absolute atomic E-state index is 3.55. The molecule has 82 valence electrons. The number of likely N-dealkylation sites (tertiary alicyclic amines) is 1. The fraction of sp³-hybridized carbons (Fsp3) is 1.00. The molecule has 0 radical (unpaired) electrons. The van der Waals surface area contributed by atoms with Gasteiger partial charge in [-0.05, 0) is 44.1 Å². The SMILES string of the molecule is BrCCC1CCN(CC2CCCC2)C1. The van der Waals surface area contributed by atoms with Gasteiger partial charge in [0.05, 0.1) is 0 Å². The summed E-state index contributed by atoms with van der Waals surface area (Å²) in [5.41, 5.74) is 0. The third-order valence-corrected chi connectivity index (χ3v) is 4.34. The minimum atomic E-state index is 0.982. The molecule has 0 aromatic heterocycles. The molecule has 0 aromatic rings. The van der Waals surface area contributed by atoms with Crippen molar-refractivity contribution in [2.75, 3.05) is 25.0 Å². The van der Waals surface area contributed by atoms with Crippen molar-refractivity contribution in [3.8, 4) is 0 Å². The summed E-state index contributed by atoms with van der Waals surface area (Å²) in [7, 11) is 0. The van der Waals surface area contributed by atoms with E-state index in [4.69, 9.17) is 0 Å². The van der Waals surface area contributed by atoms with Gasteiger partial charge < -0.3 is 4.90 Å². The second kappa shape index (κ2) is 5.50. The maximum atomic E-state index is 3.55. The van der Waals surface area contributed by atoms with Crippen molar-refractivity contribution in [2.45, 2.75) is 38.5 Å². The predicted octanol–water partition coefficient (Wildman–Crippen LogP) is 3.28. The molecule has 0 amide bonds. The average Bonchev–Trinajstić information content (AvgIpc) is 2.79.